The summed E-state index contributed by atoms with van der Waals surface area (Å²) in [6.07, 6.45) is 5.31. The molecule has 1 unspecified atom stereocenters. The first-order valence-electron chi connectivity index (χ1n) is 6.87. The van der Waals surface area contributed by atoms with Crippen LogP contribution in [0, 0.1) is 11.8 Å². The second-order valence-electron chi connectivity index (χ2n) is 6.03. The van der Waals surface area contributed by atoms with E-state index >= 15 is 0 Å². The predicted octanol–water partition coefficient (Wildman–Crippen LogP) is 4.45. The van der Waals surface area contributed by atoms with Gasteiger partial charge in [-0.15, -0.1) is 0 Å². The van der Waals surface area contributed by atoms with Gasteiger partial charge in [0.15, 0.2) is 0 Å². The smallest absolute Gasteiger partial charge is 0.0227 e. The Labute approximate surface area is 102 Å². The maximum absolute atomic E-state index is 2.48. The van der Waals surface area contributed by atoms with Gasteiger partial charge in [0.2, 0.25) is 0 Å². The van der Waals surface area contributed by atoms with Gasteiger partial charge >= 0.3 is 0 Å². The van der Waals surface area contributed by atoms with Crippen LogP contribution in [-0.2, 0) is 0 Å². The lowest BCUT2D eigenvalue weighted by atomic mass is 9.90. The van der Waals surface area contributed by atoms with Gasteiger partial charge in [0.25, 0.3) is 0 Å². The van der Waals surface area contributed by atoms with Crippen LogP contribution in [0.3, 0.4) is 0 Å². The lowest BCUT2D eigenvalue weighted by Gasteiger charge is -2.28. The van der Waals surface area contributed by atoms with Crippen LogP contribution in [0.2, 0.25) is 0 Å². The summed E-state index contributed by atoms with van der Waals surface area (Å²) in [6.45, 7) is 11.6. The maximum Gasteiger partial charge on any atom is 0.0227 e. The highest BCUT2D eigenvalue weighted by atomic mass is 15.1. The molecule has 94 valence electrons. The molecule has 0 radical (unpaired) electrons. The second kappa shape index (κ2) is 5.75. The van der Waals surface area contributed by atoms with Crippen LogP contribution < -0.4 is 0 Å². The Hall–Kier alpha value is -0.460. The first-order chi connectivity index (χ1) is 7.43. The molecule has 0 fully saturated rings. The lowest BCUT2D eigenvalue weighted by molar-refractivity contribution is 0.330. The molecule has 16 heavy (non-hydrogen) atoms. The minimum absolute atomic E-state index is 0.637. The van der Waals surface area contributed by atoms with E-state index in [1.54, 1.807) is 11.3 Å². The molecule has 0 heterocycles. The lowest BCUT2D eigenvalue weighted by Crippen LogP contribution is -2.25. The van der Waals surface area contributed by atoms with Crippen LogP contribution in [0.4, 0.5) is 0 Å². The van der Waals surface area contributed by atoms with E-state index in [9.17, 15) is 0 Å². The van der Waals surface area contributed by atoms with Gasteiger partial charge in [-0.3, -0.25) is 0 Å². The molecule has 1 atom stereocenters. The molecule has 0 saturated heterocycles. The van der Waals surface area contributed by atoms with E-state index in [1.807, 2.05) is 0 Å². The quantitative estimate of drug-likeness (QED) is 0.665. The average molecular weight is 223 g/mol. The van der Waals surface area contributed by atoms with Crippen LogP contribution in [0.25, 0.3) is 0 Å². The fourth-order valence-corrected chi connectivity index (χ4v) is 2.37. The second-order valence-corrected chi connectivity index (χ2v) is 6.03. The van der Waals surface area contributed by atoms with Crippen LogP contribution in [0.1, 0.15) is 60.3 Å². The molecular weight excluding hydrogens is 194 g/mol. The van der Waals surface area contributed by atoms with Crippen LogP contribution >= 0.6 is 0 Å². The molecule has 1 rings (SSSR count). The maximum atomic E-state index is 2.48. The Morgan fingerprint density at radius 3 is 2.19 bits per heavy atom. The zero-order valence-electron chi connectivity index (χ0n) is 12.0. The van der Waals surface area contributed by atoms with Crippen molar-refractivity contribution in [2.45, 2.75) is 66.3 Å². The van der Waals surface area contributed by atoms with Crippen LogP contribution in [0.5, 0.6) is 0 Å². The summed E-state index contributed by atoms with van der Waals surface area (Å²) in [4.78, 5) is 2.48. The number of rotatable bonds is 5. The molecule has 1 aliphatic rings. The molecule has 0 aliphatic heterocycles. The van der Waals surface area contributed by atoms with Crippen molar-refractivity contribution in [2.75, 3.05) is 7.05 Å². The van der Waals surface area contributed by atoms with E-state index in [0.717, 1.165) is 11.8 Å². The Morgan fingerprint density at radius 2 is 1.69 bits per heavy atom. The summed E-state index contributed by atoms with van der Waals surface area (Å²) in [5, 5.41) is 0. The number of hydrogen-bond donors (Lipinski definition) is 0. The van der Waals surface area contributed by atoms with Gasteiger partial charge in [0.05, 0.1) is 0 Å². The zero-order chi connectivity index (χ0) is 12.3. The van der Waals surface area contributed by atoms with E-state index < -0.39 is 0 Å². The van der Waals surface area contributed by atoms with E-state index in [1.165, 1.54) is 25.7 Å². The first-order valence-corrected chi connectivity index (χ1v) is 6.87. The molecule has 1 heteroatoms. The third-order valence-electron chi connectivity index (χ3n) is 4.21. The van der Waals surface area contributed by atoms with Gasteiger partial charge in [0, 0.05) is 18.8 Å². The fraction of sp³-hybridized carbons (Fsp3) is 0.867. The SMILES string of the molecule is CC(C)C(C)CC1=C(N(C)C(C)C)CCC1. The van der Waals surface area contributed by atoms with Gasteiger partial charge in [-0.05, 0) is 51.4 Å². The van der Waals surface area contributed by atoms with E-state index in [4.69, 9.17) is 0 Å². The molecule has 0 N–H and O–H groups in total. The molecule has 0 saturated carbocycles. The number of hydrogen-bond acceptors (Lipinski definition) is 1. The van der Waals surface area contributed by atoms with Crippen LogP contribution in [-0.4, -0.2) is 18.0 Å². The molecule has 1 aliphatic carbocycles. The molecule has 0 aromatic carbocycles. The monoisotopic (exact) mass is 223 g/mol. The van der Waals surface area contributed by atoms with E-state index in [2.05, 4.69) is 46.6 Å². The van der Waals surface area contributed by atoms with E-state index in [0.29, 0.717) is 6.04 Å². The molecule has 1 nitrogen and oxygen atoms in total. The summed E-state index contributed by atoms with van der Waals surface area (Å²) in [5.41, 5.74) is 3.37. The van der Waals surface area contributed by atoms with Crippen LogP contribution in [0.15, 0.2) is 11.3 Å². The van der Waals surface area contributed by atoms with Gasteiger partial charge in [0.1, 0.15) is 0 Å². The Morgan fingerprint density at radius 1 is 1.06 bits per heavy atom. The largest absolute Gasteiger partial charge is 0.375 e. The third kappa shape index (κ3) is 3.26. The van der Waals surface area contributed by atoms with Crippen molar-refractivity contribution in [3.05, 3.63) is 11.3 Å². The number of allylic oxidation sites excluding steroid dienone is 2. The predicted molar refractivity (Wildman–Crippen MR) is 72.4 cm³/mol. The fourth-order valence-electron chi connectivity index (χ4n) is 2.37. The highest BCUT2D eigenvalue weighted by Crippen LogP contribution is 2.34. The normalized spacial score (nSPS) is 18.8. The summed E-state index contributed by atoms with van der Waals surface area (Å²) in [5.74, 6) is 1.63. The average Bonchev–Trinajstić information content (AvgIpc) is 2.64. The first kappa shape index (κ1) is 13.6. The third-order valence-corrected chi connectivity index (χ3v) is 4.21. The summed E-state index contributed by atoms with van der Waals surface area (Å²) < 4.78 is 0. The van der Waals surface area contributed by atoms with Gasteiger partial charge in [-0.1, -0.05) is 26.3 Å². The number of nitrogens with zero attached hydrogens (tertiary/aromatic N) is 1. The topological polar surface area (TPSA) is 3.24 Å². The minimum Gasteiger partial charge on any atom is -0.375 e. The van der Waals surface area contributed by atoms with Crippen molar-refractivity contribution in [2.24, 2.45) is 11.8 Å². The molecule has 0 bridgehead atoms. The van der Waals surface area contributed by atoms with E-state index in [-0.39, 0.29) is 0 Å². The van der Waals surface area contributed by atoms with Crippen molar-refractivity contribution < 1.29 is 0 Å². The standard InChI is InChI=1S/C15H29N/c1-11(2)13(5)10-14-8-7-9-15(14)16(6)12(3)4/h11-13H,7-10H2,1-6H3. The highest BCUT2D eigenvalue weighted by Gasteiger charge is 2.21. The molecule has 0 amide bonds. The molecular formula is C15H29N. The van der Waals surface area contributed by atoms with Crippen molar-refractivity contribution in [1.29, 1.82) is 0 Å². The summed E-state index contributed by atoms with van der Waals surface area (Å²) in [7, 11) is 2.26. The molecule has 0 spiro atoms. The Bertz CT molecular complexity index is 250. The van der Waals surface area contributed by atoms with Crippen molar-refractivity contribution in [3.63, 3.8) is 0 Å². The Kier molecular flexibility index (Phi) is 4.89. The van der Waals surface area contributed by atoms with Gasteiger partial charge < -0.3 is 4.90 Å². The summed E-state index contributed by atoms with van der Waals surface area (Å²) >= 11 is 0. The Balaban J connectivity index is 2.71. The molecule has 0 aromatic rings. The van der Waals surface area contributed by atoms with Crippen molar-refractivity contribution >= 4 is 0 Å². The van der Waals surface area contributed by atoms with Gasteiger partial charge in [-0.25, -0.2) is 0 Å². The van der Waals surface area contributed by atoms with Gasteiger partial charge in [-0.2, -0.15) is 0 Å². The molecule has 0 aromatic heterocycles. The van der Waals surface area contributed by atoms with Crippen molar-refractivity contribution in [3.8, 4) is 0 Å². The highest BCUT2D eigenvalue weighted by molar-refractivity contribution is 5.19. The summed E-state index contributed by atoms with van der Waals surface area (Å²) in [6, 6.07) is 0.637. The zero-order valence-corrected chi connectivity index (χ0v) is 12.0. The minimum atomic E-state index is 0.637. The van der Waals surface area contributed by atoms with Crippen molar-refractivity contribution in [1.82, 2.24) is 4.90 Å².